The van der Waals surface area contributed by atoms with Gasteiger partial charge in [0, 0.05) is 6.92 Å². The van der Waals surface area contributed by atoms with E-state index in [0.29, 0.717) is 18.1 Å². The molecule has 1 atom stereocenters. The number of nitriles is 1. The fraction of sp³-hybridized carbons (Fsp3) is 0.600. The number of carbonyl (C=O) groups excluding carboxylic acids is 1. The number of hydrogen-bond acceptors (Lipinski definition) is 5. The Morgan fingerprint density at radius 2 is 2.38 bits per heavy atom. The van der Waals surface area contributed by atoms with Crippen LogP contribution in [0.25, 0.3) is 0 Å². The lowest BCUT2D eigenvalue weighted by molar-refractivity contribution is -0.127. The monoisotopic (exact) mass is 222 g/mol. The van der Waals surface area contributed by atoms with Gasteiger partial charge in [0.25, 0.3) is 0 Å². The van der Waals surface area contributed by atoms with E-state index in [9.17, 15) is 4.79 Å². The molecule has 0 aliphatic heterocycles. The molecule has 1 aromatic rings. The van der Waals surface area contributed by atoms with Crippen molar-refractivity contribution in [1.82, 2.24) is 15.5 Å². The van der Waals surface area contributed by atoms with E-state index in [2.05, 4.69) is 15.5 Å². The lowest BCUT2D eigenvalue weighted by Gasteiger charge is -2.17. The summed E-state index contributed by atoms with van der Waals surface area (Å²) in [6, 6.07) is 1.99. The molecule has 86 valence electrons. The molecule has 0 radical (unpaired) electrons. The Bertz CT molecular complexity index is 421. The van der Waals surface area contributed by atoms with E-state index in [1.54, 1.807) is 20.8 Å². The number of nitrogens with zero attached hydrogens (tertiary/aromatic N) is 3. The van der Waals surface area contributed by atoms with Crippen LogP contribution < -0.4 is 5.32 Å². The van der Waals surface area contributed by atoms with Gasteiger partial charge in [-0.05, 0) is 13.3 Å². The van der Waals surface area contributed by atoms with Gasteiger partial charge in [0.2, 0.25) is 11.8 Å². The van der Waals surface area contributed by atoms with Gasteiger partial charge in [0.15, 0.2) is 5.82 Å². The average Bonchev–Trinajstić information content (AvgIpc) is 2.70. The number of aryl methyl sites for hydroxylation is 1. The second-order valence-corrected chi connectivity index (χ2v) is 3.71. The molecule has 0 saturated heterocycles. The highest BCUT2D eigenvalue weighted by Gasteiger charge is 2.31. The second-order valence-electron chi connectivity index (χ2n) is 3.71. The molecule has 6 nitrogen and oxygen atoms in total. The fourth-order valence-electron chi connectivity index (χ4n) is 1.06. The number of hydrogen-bond donors (Lipinski definition) is 1. The normalized spacial score (nSPS) is 13.9. The Morgan fingerprint density at radius 1 is 1.69 bits per heavy atom. The molecule has 1 amide bonds. The van der Waals surface area contributed by atoms with Crippen molar-refractivity contribution in [2.24, 2.45) is 5.41 Å². The topological polar surface area (TPSA) is 91.8 Å². The number of rotatable bonds is 4. The summed E-state index contributed by atoms with van der Waals surface area (Å²) in [5, 5.41) is 15.1. The average molecular weight is 222 g/mol. The lowest BCUT2D eigenvalue weighted by Crippen LogP contribution is -2.37. The van der Waals surface area contributed by atoms with Gasteiger partial charge in [-0.25, -0.2) is 0 Å². The van der Waals surface area contributed by atoms with Crippen molar-refractivity contribution in [3.8, 4) is 6.07 Å². The van der Waals surface area contributed by atoms with Crippen molar-refractivity contribution in [3.05, 3.63) is 11.7 Å². The smallest absolute Gasteiger partial charge is 0.240 e. The number of amides is 1. The van der Waals surface area contributed by atoms with Crippen LogP contribution in [0.2, 0.25) is 0 Å². The third kappa shape index (κ3) is 2.57. The molecule has 1 aromatic heterocycles. The zero-order valence-corrected chi connectivity index (χ0v) is 9.57. The molecule has 0 fully saturated rings. The van der Waals surface area contributed by atoms with E-state index in [4.69, 9.17) is 9.78 Å². The first-order chi connectivity index (χ1) is 7.51. The maximum absolute atomic E-state index is 11.7. The molecule has 0 aliphatic carbocycles. The van der Waals surface area contributed by atoms with E-state index in [1.165, 1.54) is 0 Å². The van der Waals surface area contributed by atoms with Crippen LogP contribution in [0.15, 0.2) is 4.52 Å². The van der Waals surface area contributed by atoms with Crippen molar-refractivity contribution in [1.29, 1.82) is 5.26 Å². The molecule has 16 heavy (non-hydrogen) atoms. The van der Waals surface area contributed by atoms with Crippen molar-refractivity contribution in [2.45, 2.75) is 33.7 Å². The second kappa shape index (κ2) is 4.75. The summed E-state index contributed by atoms with van der Waals surface area (Å²) < 4.78 is 4.76. The molecule has 0 aliphatic rings. The Morgan fingerprint density at radius 3 is 2.81 bits per heavy atom. The molecule has 0 aromatic carbocycles. The maximum atomic E-state index is 11.7. The van der Waals surface area contributed by atoms with Crippen molar-refractivity contribution >= 4 is 5.91 Å². The van der Waals surface area contributed by atoms with Crippen molar-refractivity contribution < 1.29 is 9.32 Å². The van der Waals surface area contributed by atoms with E-state index in [-0.39, 0.29) is 12.5 Å². The van der Waals surface area contributed by atoms with Gasteiger partial charge in [-0.3, -0.25) is 4.79 Å². The maximum Gasteiger partial charge on any atom is 0.240 e. The zero-order chi connectivity index (χ0) is 12.2. The SMILES string of the molecule is CCC(C)(C#N)C(=O)NCc1noc(C)n1. The van der Waals surface area contributed by atoms with Crippen LogP contribution in [0.3, 0.4) is 0 Å². The van der Waals surface area contributed by atoms with Crippen LogP contribution in [0.5, 0.6) is 0 Å². The molecule has 1 heterocycles. The first-order valence-corrected chi connectivity index (χ1v) is 5.00. The van der Waals surface area contributed by atoms with E-state index in [1.807, 2.05) is 6.07 Å². The lowest BCUT2D eigenvalue weighted by atomic mass is 9.88. The highest BCUT2D eigenvalue weighted by atomic mass is 16.5. The highest BCUT2D eigenvalue weighted by molar-refractivity contribution is 5.84. The van der Waals surface area contributed by atoms with Gasteiger partial charge in [-0.15, -0.1) is 0 Å². The van der Waals surface area contributed by atoms with Crippen LogP contribution in [-0.4, -0.2) is 16.0 Å². The third-order valence-electron chi connectivity index (χ3n) is 2.43. The summed E-state index contributed by atoms with van der Waals surface area (Å²) in [6.07, 6.45) is 0.459. The molecule has 1 N–H and O–H groups in total. The van der Waals surface area contributed by atoms with Gasteiger partial charge >= 0.3 is 0 Å². The Kier molecular flexibility index (Phi) is 3.61. The summed E-state index contributed by atoms with van der Waals surface area (Å²) in [4.78, 5) is 15.6. The minimum atomic E-state index is -1.00. The van der Waals surface area contributed by atoms with E-state index < -0.39 is 5.41 Å². The van der Waals surface area contributed by atoms with Crippen LogP contribution in [0, 0.1) is 23.7 Å². The van der Waals surface area contributed by atoms with E-state index in [0.717, 1.165) is 0 Å². The van der Waals surface area contributed by atoms with Crippen LogP contribution >= 0.6 is 0 Å². The predicted molar refractivity (Wildman–Crippen MR) is 54.9 cm³/mol. The molecule has 6 heteroatoms. The molecule has 0 saturated carbocycles. The van der Waals surface area contributed by atoms with Gasteiger partial charge in [0.1, 0.15) is 5.41 Å². The Labute approximate surface area is 93.6 Å². The third-order valence-corrected chi connectivity index (χ3v) is 2.43. The van der Waals surface area contributed by atoms with Crippen molar-refractivity contribution in [3.63, 3.8) is 0 Å². The summed E-state index contributed by atoms with van der Waals surface area (Å²) in [7, 11) is 0. The molecule has 1 rings (SSSR count). The van der Waals surface area contributed by atoms with E-state index >= 15 is 0 Å². The summed E-state index contributed by atoms with van der Waals surface area (Å²) in [5.41, 5.74) is -1.00. The predicted octanol–water partition coefficient (Wildman–Crippen LogP) is 0.934. The first kappa shape index (κ1) is 12.2. The number of carbonyl (C=O) groups is 1. The van der Waals surface area contributed by atoms with Gasteiger partial charge in [-0.1, -0.05) is 12.1 Å². The number of nitrogens with one attached hydrogen (secondary N) is 1. The quantitative estimate of drug-likeness (QED) is 0.818. The van der Waals surface area contributed by atoms with Crippen LogP contribution in [0.1, 0.15) is 32.0 Å². The molecular formula is C10H14N4O2. The summed E-state index contributed by atoms with van der Waals surface area (Å²) in [5.74, 6) is 0.532. The fourth-order valence-corrected chi connectivity index (χ4v) is 1.06. The molecule has 0 bridgehead atoms. The van der Waals surface area contributed by atoms with Gasteiger partial charge in [0.05, 0.1) is 12.6 Å². The van der Waals surface area contributed by atoms with Gasteiger partial charge in [-0.2, -0.15) is 10.2 Å². The number of aromatic nitrogens is 2. The zero-order valence-electron chi connectivity index (χ0n) is 9.57. The Hall–Kier alpha value is -1.90. The molecular weight excluding hydrogens is 208 g/mol. The van der Waals surface area contributed by atoms with Crippen LogP contribution in [-0.2, 0) is 11.3 Å². The molecule has 1 unspecified atom stereocenters. The standard InChI is InChI=1S/C10H14N4O2/c1-4-10(3,6-11)9(15)12-5-8-13-7(2)16-14-8/h4-5H2,1-3H3,(H,12,15). The van der Waals surface area contributed by atoms with Gasteiger partial charge < -0.3 is 9.84 Å². The minimum absolute atomic E-state index is 0.174. The molecule has 0 spiro atoms. The first-order valence-electron chi connectivity index (χ1n) is 5.00. The largest absolute Gasteiger partial charge is 0.347 e. The Balaban J connectivity index is 2.57. The highest BCUT2D eigenvalue weighted by Crippen LogP contribution is 2.19. The minimum Gasteiger partial charge on any atom is -0.347 e. The van der Waals surface area contributed by atoms with Crippen LogP contribution in [0.4, 0.5) is 0 Å². The summed E-state index contributed by atoms with van der Waals surface area (Å²) >= 11 is 0. The van der Waals surface area contributed by atoms with Crippen molar-refractivity contribution in [2.75, 3.05) is 0 Å². The summed E-state index contributed by atoms with van der Waals surface area (Å²) in [6.45, 7) is 5.24.